The third kappa shape index (κ3) is 2.70. The predicted molar refractivity (Wildman–Crippen MR) is 78.5 cm³/mol. The maximum absolute atomic E-state index is 13.6. The number of para-hydroxylation sites is 1. The average molecular weight is 301 g/mol. The lowest BCUT2D eigenvalue weighted by Gasteiger charge is -2.11. The molecule has 0 aliphatic carbocycles. The van der Waals surface area contributed by atoms with E-state index < -0.39 is 23.6 Å². The van der Waals surface area contributed by atoms with Gasteiger partial charge in [-0.2, -0.15) is 0 Å². The molecule has 3 nitrogen and oxygen atoms in total. The van der Waals surface area contributed by atoms with Gasteiger partial charge >= 0.3 is 0 Å². The molecule has 1 unspecified atom stereocenters. The molecule has 0 spiro atoms. The van der Waals surface area contributed by atoms with E-state index >= 15 is 0 Å². The summed E-state index contributed by atoms with van der Waals surface area (Å²) >= 11 is 0. The number of carbonyl (C=O) groups is 1. The molecule has 0 aliphatic rings. The minimum atomic E-state index is -0.894. The number of nitrogens with one attached hydrogen (secondary N) is 1. The number of hydrogen-bond acceptors (Lipinski definition) is 2. The lowest BCUT2D eigenvalue weighted by Crippen LogP contribution is -2.27. The summed E-state index contributed by atoms with van der Waals surface area (Å²) in [6.45, 7) is 1.73. The molecule has 0 bridgehead atoms. The molecule has 22 heavy (non-hydrogen) atoms. The molecule has 0 radical (unpaired) electrons. The summed E-state index contributed by atoms with van der Waals surface area (Å²) in [6.07, 6.45) is 0. The fourth-order valence-corrected chi connectivity index (χ4v) is 2.23. The number of benzene rings is 2. The van der Waals surface area contributed by atoms with E-state index in [0.29, 0.717) is 17.4 Å². The zero-order valence-electron chi connectivity index (χ0n) is 11.8. The fraction of sp³-hybridized carbons (Fsp3) is 0.118. The summed E-state index contributed by atoms with van der Waals surface area (Å²) in [4.78, 5) is 12.1. The van der Waals surface area contributed by atoms with Crippen LogP contribution in [0.2, 0.25) is 0 Å². The van der Waals surface area contributed by atoms with Crippen LogP contribution in [0.5, 0.6) is 0 Å². The highest BCUT2D eigenvalue weighted by Gasteiger charge is 2.18. The van der Waals surface area contributed by atoms with Crippen LogP contribution in [0.25, 0.3) is 11.0 Å². The molecule has 2 aromatic carbocycles. The van der Waals surface area contributed by atoms with Crippen molar-refractivity contribution in [1.82, 2.24) is 5.32 Å². The van der Waals surface area contributed by atoms with Crippen molar-refractivity contribution >= 4 is 16.9 Å². The quantitative estimate of drug-likeness (QED) is 0.787. The van der Waals surface area contributed by atoms with E-state index in [9.17, 15) is 13.6 Å². The minimum Gasteiger partial charge on any atom is -0.459 e. The standard InChI is InChI=1S/C17H13F2NO2/c1-10(16-8-11-4-2-3-5-15(11)22-16)20-17(21)13-7-6-12(18)9-14(13)19/h2-10H,1H3,(H,20,21). The van der Waals surface area contributed by atoms with Gasteiger partial charge in [0.15, 0.2) is 0 Å². The predicted octanol–water partition coefficient (Wildman–Crippen LogP) is 4.20. The number of furan rings is 1. The van der Waals surface area contributed by atoms with Gasteiger partial charge in [-0.15, -0.1) is 0 Å². The first-order valence-electron chi connectivity index (χ1n) is 6.79. The van der Waals surface area contributed by atoms with Crippen molar-refractivity contribution in [2.75, 3.05) is 0 Å². The van der Waals surface area contributed by atoms with E-state index in [2.05, 4.69) is 5.32 Å². The zero-order valence-corrected chi connectivity index (χ0v) is 11.8. The van der Waals surface area contributed by atoms with Crippen LogP contribution in [0.1, 0.15) is 29.1 Å². The van der Waals surface area contributed by atoms with Gasteiger partial charge in [0.05, 0.1) is 11.6 Å². The first kappa shape index (κ1) is 14.3. The Hall–Kier alpha value is -2.69. The summed E-state index contributed by atoms with van der Waals surface area (Å²) in [5.41, 5.74) is 0.510. The van der Waals surface area contributed by atoms with E-state index in [1.165, 1.54) is 0 Å². The van der Waals surface area contributed by atoms with Crippen LogP contribution in [-0.2, 0) is 0 Å². The van der Waals surface area contributed by atoms with Gasteiger partial charge in [0.25, 0.3) is 5.91 Å². The molecule has 1 heterocycles. The van der Waals surface area contributed by atoms with Gasteiger partial charge in [-0.25, -0.2) is 8.78 Å². The van der Waals surface area contributed by atoms with Crippen LogP contribution >= 0.6 is 0 Å². The second kappa shape index (κ2) is 5.60. The molecule has 3 aromatic rings. The summed E-state index contributed by atoms with van der Waals surface area (Å²) in [6, 6.07) is 11.7. The summed E-state index contributed by atoms with van der Waals surface area (Å²) < 4.78 is 32.1. The van der Waals surface area contributed by atoms with Crippen LogP contribution in [0, 0.1) is 11.6 Å². The monoisotopic (exact) mass is 301 g/mol. The van der Waals surface area contributed by atoms with Crippen molar-refractivity contribution in [2.45, 2.75) is 13.0 Å². The zero-order chi connectivity index (χ0) is 15.7. The Kier molecular flexibility index (Phi) is 3.63. The number of carbonyl (C=O) groups excluding carboxylic acids is 1. The maximum atomic E-state index is 13.6. The van der Waals surface area contributed by atoms with Gasteiger partial charge in [-0.05, 0) is 31.2 Å². The Balaban J connectivity index is 1.81. The van der Waals surface area contributed by atoms with Crippen LogP contribution in [0.15, 0.2) is 52.9 Å². The summed E-state index contributed by atoms with van der Waals surface area (Å²) in [5.74, 6) is -1.67. The smallest absolute Gasteiger partial charge is 0.254 e. The average Bonchev–Trinajstić information content (AvgIpc) is 2.91. The van der Waals surface area contributed by atoms with Crippen LogP contribution in [0.4, 0.5) is 8.78 Å². The Morgan fingerprint density at radius 2 is 1.91 bits per heavy atom. The molecule has 1 amide bonds. The highest BCUT2D eigenvalue weighted by Crippen LogP contribution is 2.24. The molecule has 0 fully saturated rings. The van der Waals surface area contributed by atoms with Crippen LogP contribution < -0.4 is 5.32 Å². The maximum Gasteiger partial charge on any atom is 0.254 e. The van der Waals surface area contributed by atoms with E-state index in [4.69, 9.17) is 4.42 Å². The molecule has 0 saturated carbocycles. The number of rotatable bonds is 3. The van der Waals surface area contributed by atoms with Crippen molar-refractivity contribution in [3.8, 4) is 0 Å². The normalized spacial score (nSPS) is 12.3. The number of hydrogen-bond donors (Lipinski definition) is 1. The van der Waals surface area contributed by atoms with Gasteiger partial charge < -0.3 is 9.73 Å². The van der Waals surface area contributed by atoms with Crippen LogP contribution in [0.3, 0.4) is 0 Å². The minimum absolute atomic E-state index is 0.204. The van der Waals surface area contributed by atoms with E-state index in [0.717, 1.165) is 17.5 Å². The number of fused-ring (bicyclic) bond motifs is 1. The Labute approximate surface area is 125 Å². The van der Waals surface area contributed by atoms with Gasteiger partial charge in [0.1, 0.15) is 23.0 Å². The van der Waals surface area contributed by atoms with Crippen LogP contribution in [-0.4, -0.2) is 5.91 Å². The molecule has 0 saturated heterocycles. The highest BCUT2D eigenvalue weighted by molar-refractivity contribution is 5.94. The SMILES string of the molecule is CC(NC(=O)c1ccc(F)cc1F)c1cc2ccccc2o1. The molecule has 3 rings (SSSR count). The first-order chi connectivity index (χ1) is 10.5. The summed E-state index contributed by atoms with van der Waals surface area (Å²) in [7, 11) is 0. The molecule has 0 aliphatic heterocycles. The number of amides is 1. The molecule has 5 heteroatoms. The van der Waals surface area contributed by atoms with Gasteiger partial charge in [0.2, 0.25) is 0 Å². The van der Waals surface area contributed by atoms with Crippen molar-refractivity contribution < 1.29 is 18.0 Å². The molecule has 112 valence electrons. The first-order valence-corrected chi connectivity index (χ1v) is 6.79. The van der Waals surface area contributed by atoms with Crippen molar-refractivity contribution in [3.63, 3.8) is 0 Å². The molecule has 1 atom stereocenters. The van der Waals surface area contributed by atoms with E-state index in [1.807, 2.05) is 30.3 Å². The van der Waals surface area contributed by atoms with Crippen molar-refractivity contribution in [1.29, 1.82) is 0 Å². The summed E-state index contributed by atoms with van der Waals surface area (Å²) in [5, 5.41) is 3.56. The molecule has 1 aromatic heterocycles. The Bertz CT molecular complexity index is 809. The van der Waals surface area contributed by atoms with Crippen molar-refractivity contribution in [2.24, 2.45) is 0 Å². The topological polar surface area (TPSA) is 42.2 Å². The Morgan fingerprint density at radius 1 is 1.14 bits per heavy atom. The largest absolute Gasteiger partial charge is 0.459 e. The van der Waals surface area contributed by atoms with Gasteiger partial charge in [-0.1, -0.05) is 18.2 Å². The number of halogens is 2. The lowest BCUT2D eigenvalue weighted by atomic mass is 10.1. The molecule has 1 N–H and O–H groups in total. The van der Waals surface area contributed by atoms with E-state index in [-0.39, 0.29) is 5.56 Å². The molecular formula is C17H13F2NO2. The second-order valence-electron chi connectivity index (χ2n) is 5.01. The fourth-order valence-electron chi connectivity index (χ4n) is 2.23. The molecular weight excluding hydrogens is 288 g/mol. The Morgan fingerprint density at radius 3 is 2.64 bits per heavy atom. The van der Waals surface area contributed by atoms with Gasteiger partial charge in [0, 0.05) is 11.5 Å². The highest BCUT2D eigenvalue weighted by atomic mass is 19.1. The van der Waals surface area contributed by atoms with E-state index in [1.54, 1.807) is 6.92 Å². The third-order valence-electron chi connectivity index (χ3n) is 3.39. The lowest BCUT2D eigenvalue weighted by molar-refractivity contribution is 0.0931. The third-order valence-corrected chi connectivity index (χ3v) is 3.39. The van der Waals surface area contributed by atoms with Gasteiger partial charge in [-0.3, -0.25) is 4.79 Å². The van der Waals surface area contributed by atoms with Crippen molar-refractivity contribution in [3.05, 3.63) is 71.5 Å². The second-order valence-corrected chi connectivity index (χ2v) is 5.01.